The SMILES string of the molecule is Cn1cc(-c2cc(N3C(=O)NC(C)(C)C3=O)ccc2Oc2ccc(Cl)cc2F)c2cc[nH]c(=O)c21. The third-order valence-electron chi connectivity index (χ3n) is 5.89. The van der Waals surface area contributed by atoms with E-state index >= 15 is 0 Å². The molecular formula is C25H20ClFN4O4. The molecule has 0 spiro atoms. The minimum absolute atomic E-state index is 0.0578. The molecule has 3 amide bonds. The van der Waals surface area contributed by atoms with Crippen molar-refractivity contribution >= 4 is 40.1 Å². The van der Waals surface area contributed by atoms with Crippen LogP contribution in [0, 0.1) is 5.82 Å². The number of halogens is 2. The molecule has 2 N–H and O–H groups in total. The van der Waals surface area contributed by atoms with Gasteiger partial charge in [0.2, 0.25) is 0 Å². The summed E-state index contributed by atoms with van der Waals surface area (Å²) in [5, 5.41) is 3.49. The van der Waals surface area contributed by atoms with Gasteiger partial charge in [0, 0.05) is 41.0 Å². The van der Waals surface area contributed by atoms with Crippen LogP contribution >= 0.6 is 11.6 Å². The Balaban J connectivity index is 1.72. The predicted octanol–water partition coefficient (Wildman–Crippen LogP) is 4.95. The highest BCUT2D eigenvalue weighted by atomic mass is 35.5. The number of anilines is 1. The number of aryl methyl sites for hydroxylation is 1. The molecule has 1 aliphatic heterocycles. The van der Waals surface area contributed by atoms with Gasteiger partial charge in [-0.2, -0.15) is 0 Å². The molecule has 0 bridgehead atoms. The zero-order valence-electron chi connectivity index (χ0n) is 19.0. The standard InChI is InChI=1S/C25H20ClFN4O4/c1-25(2)23(33)31(24(34)29-25)14-5-7-19(35-20-6-4-13(26)10-18(20)27)16(11-14)17-12-30(3)21-15(17)8-9-28-22(21)32/h4-12H,1-3H3,(H,28,32)(H,29,34). The van der Waals surface area contributed by atoms with Crippen molar-refractivity contribution < 1.29 is 18.7 Å². The second-order valence-electron chi connectivity index (χ2n) is 8.78. The number of ether oxygens (including phenoxy) is 1. The van der Waals surface area contributed by atoms with Crippen LogP contribution in [0.4, 0.5) is 14.9 Å². The topological polar surface area (TPSA) is 96.4 Å². The number of nitrogens with zero attached hydrogens (tertiary/aromatic N) is 2. The Morgan fingerprint density at radius 3 is 2.43 bits per heavy atom. The van der Waals surface area contributed by atoms with E-state index in [9.17, 15) is 18.8 Å². The molecule has 0 radical (unpaired) electrons. The van der Waals surface area contributed by atoms with Crippen LogP contribution in [0.1, 0.15) is 13.8 Å². The molecule has 3 heterocycles. The van der Waals surface area contributed by atoms with E-state index in [2.05, 4.69) is 10.3 Å². The largest absolute Gasteiger partial charge is 0.454 e. The van der Waals surface area contributed by atoms with Gasteiger partial charge in [0.05, 0.1) is 5.69 Å². The van der Waals surface area contributed by atoms with E-state index in [1.165, 1.54) is 18.3 Å². The maximum atomic E-state index is 14.5. The third kappa shape index (κ3) is 3.74. The van der Waals surface area contributed by atoms with Crippen LogP contribution in [0.5, 0.6) is 11.5 Å². The molecule has 0 atom stereocenters. The van der Waals surface area contributed by atoms with E-state index in [4.69, 9.17) is 16.3 Å². The fourth-order valence-electron chi connectivity index (χ4n) is 4.20. The molecular weight excluding hydrogens is 475 g/mol. The minimum Gasteiger partial charge on any atom is -0.454 e. The normalized spacial score (nSPS) is 15.1. The lowest BCUT2D eigenvalue weighted by Crippen LogP contribution is -2.40. The first kappa shape index (κ1) is 22.7. The summed E-state index contributed by atoms with van der Waals surface area (Å²) < 4.78 is 22.1. The first-order chi connectivity index (χ1) is 16.6. The summed E-state index contributed by atoms with van der Waals surface area (Å²) in [6.07, 6.45) is 3.26. The number of aromatic amines is 1. The van der Waals surface area contributed by atoms with Crippen LogP contribution in [0.25, 0.3) is 22.0 Å². The molecule has 8 nitrogen and oxygen atoms in total. The number of amides is 3. The van der Waals surface area contributed by atoms with Crippen LogP contribution in [0.15, 0.2) is 59.7 Å². The molecule has 5 rings (SSSR count). The van der Waals surface area contributed by atoms with Crippen molar-refractivity contribution in [3.05, 3.63) is 76.1 Å². The molecule has 35 heavy (non-hydrogen) atoms. The Morgan fingerprint density at radius 1 is 1.00 bits per heavy atom. The van der Waals surface area contributed by atoms with Gasteiger partial charge in [-0.15, -0.1) is 0 Å². The number of urea groups is 1. The first-order valence-corrected chi connectivity index (χ1v) is 11.1. The number of hydrogen-bond acceptors (Lipinski definition) is 4. The molecule has 1 fully saturated rings. The number of hydrogen-bond donors (Lipinski definition) is 2. The van der Waals surface area contributed by atoms with E-state index in [0.717, 1.165) is 11.0 Å². The summed E-state index contributed by atoms with van der Waals surface area (Å²) in [6.45, 7) is 3.23. The third-order valence-corrected chi connectivity index (χ3v) is 6.12. The number of nitrogens with one attached hydrogen (secondary N) is 2. The number of pyridine rings is 1. The molecule has 2 aromatic heterocycles. The average molecular weight is 495 g/mol. The number of benzene rings is 2. The molecule has 10 heteroatoms. The predicted molar refractivity (Wildman–Crippen MR) is 131 cm³/mol. The molecule has 1 aliphatic rings. The number of imide groups is 1. The Kier molecular flexibility index (Phi) is 5.17. The zero-order valence-corrected chi connectivity index (χ0v) is 19.7. The fourth-order valence-corrected chi connectivity index (χ4v) is 4.35. The quantitative estimate of drug-likeness (QED) is 0.392. The average Bonchev–Trinajstić information content (AvgIpc) is 3.23. The second kappa shape index (κ2) is 7.99. The van der Waals surface area contributed by atoms with Crippen molar-refractivity contribution in [1.29, 1.82) is 0 Å². The van der Waals surface area contributed by atoms with Crippen molar-refractivity contribution in [2.24, 2.45) is 7.05 Å². The Labute approximate surface area is 203 Å². The van der Waals surface area contributed by atoms with E-state index in [0.29, 0.717) is 27.7 Å². The highest BCUT2D eigenvalue weighted by Gasteiger charge is 2.45. The second-order valence-corrected chi connectivity index (χ2v) is 9.21. The van der Waals surface area contributed by atoms with E-state index in [-0.39, 0.29) is 22.1 Å². The summed E-state index contributed by atoms with van der Waals surface area (Å²) >= 11 is 5.87. The van der Waals surface area contributed by atoms with Gasteiger partial charge in [-0.3, -0.25) is 9.59 Å². The summed E-state index contributed by atoms with van der Waals surface area (Å²) in [5.41, 5.74) is 0.441. The van der Waals surface area contributed by atoms with Crippen molar-refractivity contribution in [3.63, 3.8) is 0 Å². The van der Waals surface area contributed by atoms with Crippen molar-refractivity contribution in [2.45, 2.75) is 19.4 Å². The zero-order chi connectivity index (χ0) is 25.1. The number of rotatable bonds is 4. The van der Waals surface area contributed by atoms with Gasteiger partial charge in [0.15, 0.2) is 11.6 Å². The number of carbonyl (C=O) groups is 2. The minimum atomic E-state index is -1.06. The van der Waals surface area contributed by atoms with Crippen LogP contribution in [-0.4, -0.2) is 27.0 Å². The molecule has 0 unspecified atom stereocenters. The molecule has 2 aromatic carbocycles. The van der Waals surface area contributed by atoms with Gasteiger partial charge in [-0.25, -0.2) is 14.1 Å². The molecule has 1 saturated heterocycles. The van der Waals surface area contributed by atoms with Crippen molar-refractivity contribution in [1.82, 2.24) is 14.9 Å². The van der Waals surface area contributed by atoms with Gasteiger partial charge in [-0.05, 0) is 56.3 Å². The van der Waals surface area contributed by atoms with E-state index in [1.807, 2.05) is 0 Å². The summed E-state index contributed by atoms with van der Waals surface area (Å²) in [7, 11) is 1.73. The number of fused-ring (bicyclic) bond motifs is 1. The lowest BCUT2D eigenvalue weighted by molar-refractivity contribution is -0.121. The van der Waals surface area contributed by atoms with Gasteiger partial charge < -0.3 is 19.6 Å². The molecule has 178 valence electrons. The number of aromatic nitrogens is 2. The lowest BCUT2D eigenvalue weighted by atomic mass is 10.0. The van der Waals surface area contributed by atoms with Crippen LogP contribution < -0.4 is 20.5 Å². The van der Waals surface area contributed by atoms with Crippen LogP contribution in [0.3, 0.4) is 0 Å². The molecule has 4 aromatic rings. The monoisotopic (exact) mass is 494 g/mol. The summed E-state index contributed by atoms with van der Waals surface area (Å²) in [4.78, 5) is 41.7. The Bertz CT molecular complexity index is 1590. The lowest BCUT2D eigenvalue weighted by Gasteiger charge is -2.18. The highest BCUT2D eigenvalue weighted by molar-refractivity contribution is 6.30. The van der Waals surface area contributed by atoms with Gasteiger partial charge in [0.1, 0.15) is 16.8 Å². The van der Waals surface area contributed by atoms with Gasteiger partial charge in [-0.1, -0.05) is 11.6 Å². The maximum Gasteiger partial charge on any atom is 0.329 e. The first-order valence-electron chi connectivity index (χ1n) is 10.7. The highest BCUT2D eigenvalue weighted by Crippen LogP contribution is 2.41. The van der Waals surface area contributed by atoms with Gasteiger partial charge >= 0.3 is 6.03 Å². The van der Waals surface area contributed by atoms with Crippen molar-refractivity contribution in [2.75, 3.05) is 4.90 Å². The number of H-pyrrole nitrogens is 1. The summed E-state index contributed by atoms with van der Waals surface area (Å²) in [5.74, 6) is -0.871. The van der Waals surface area contributed by atoms with Crippen LogP contribution in [0.2, 0.25) is 5.02 Å². The summed E-state index contributed by atoms with van der Waals surface area (Å²) in [6, 6.07) is 9.93. The van der Waals surface area contributed by atoms with Gasteiger partial charge in [0.25, 0.3) is 11.5 Å². The molecule has 0 aliphatic carbocycles. The van der Waals surface area contributed by atoms with Crippen molar-refractivity contribution in [3.8, 4) is 22.6 Å². The van der Waals surface area contributed by atoms with Crippen LogP contribution in [-0.2, 0) is 11.8 Å². The molecule has 0 saturated carbocycles. The Morgan fingerprint density at radius 2 is 1.74 bits per heavy atom. The fraction of sp³-hybridized carbons (Fsp3) is 0.160. The maximum absolute atomic E-state index is 14.5. The number of carbonyl (C=O) groups excluding carboxylic acids is 2. The van der Waals surface area contributed by atoms with E-state index in [1.54, 1.807) is 55.9 Å². The van der Waals surface area contributed by atoms with E-state index < -0.39 is 23.3 Å². The smallest absolute Gasteiger partial charge is 0.329 e. The Hall–Kier alpha value is -4.11.